The van der Waals surface area contributed by atoms with Gasteiger partial charge in [0, 0.05) is 12.1 Å². The highest BCUT2D eigenvalue weighted by atomic mass is 17.2. The summed E-state index contributed by atoms with van der Waals surface area (Å²) in [6.07, 6.45) is 3.46. The van der Waals surface area contributed by atoms with Crippen molar-refractivity contribution in [3.8, 4) is 0 Å². The summed E-state index contributed by atoms with van der Waals surface area (Å²) >= 11 is 0. The maximum Gasteiger partial charge on any atom is 0.331 e. The first-order valence-corrected chi connectivity index (χ1v) is 6.89. The number of unbranched alkanes of at least 4 members (excludes halogenated alkanes) is 1. The third kappa shape index (κ3) is 6.76. The normalized spacial score (nSPS) is 12.3. The molecule has 1 atom stereocenters. The molecule has 6 heteroatoms. The van der Waals surface area contributed by atoms with Crippen LogP contribution in [0.15, 0.2) is 29.3 Å². The maximum absolute atomic E-state index is 11.7. The zero-order valence-corrected chi connectivity index (χ0v) is 12.5. The molecule has 0 aromatic heterocycles. The molecule has 0 saturated heterocycles. The summed E-state index contributed by atoms with van der Waals surface area (Å²) in [7, 11) is 1.33. The zero-order valence-electron chi connectivity index (χ0n) is 12.5. The lowest BCUT2D eigenvalue weighted by Gasteiger charge is -2.10. The van der Waals surface area contributed by atoms with Gasteiger partial charge in [-0.15, -0.1) is 0 Å². The Morgan fingerprint density at radius 1 is 1.38 bits per heavy atom. The van der Waals surface area contributed by atoms with Crippen molar-refractivity contribution in [2.75, 3.05) is 19.5 Å². The van der Waals surface area contributed by atoms with Gasteiger partial charge in [0.15, 0.2) is 6.04 Å². The van der Waals surface area contributed by atoms with E-state index in [1.54, 1.807) is 12.1 Å². The van der Waals surface area contributed by atoms with E-state index in [1.807, 2.05) is 12.1 Å². The van der Waals surface area contributed by atoms with Crippen LogP contribution in [-0.2, 0) is 25.7 Å². The summed E-state index contributed by atoms with van der Waals surface area (Å²) in [5.41, 5.74) is 7.23. The largest absolute Gasteiger partial charge is 0.467 e. The Labute approximate surface area is 124 Å². The Bertz CT molecular complexity index is 445. The molecule has 0 spiro atoms. The Morgan fingerprint density at radius 2 is 2.10 bits per heavy atom. The number of nitrogens with two attached hydrogens (primary N) is 1. The molecule has 1 rings (SSSR count). The van der Waals surface area contributed by atoms with Gasteiger partial charge in [-0.2, -0.15) is 4.89 Å². The molecule has 0 heterocycles. The number of anilines is 1. The minimum Gasteiger partial charge on any atom is -0.467 e. The highest BCUT2D eigenvalue weighted by Gasteiger charge is 2.18. The fourth-order valence-corrected chi connectivity index (χ4v) is 1.59. The maximum atomic E-state index is 11.7. The van der Waals surface area contributed by atoms with Crippen molar-refractivity contribution < 1.29 is 19.3 Å². The number of nitrogens with zero attached hydrogens (tertiary/aromatic N) is 1. The van der Waals surface area contributed by atoms with Crippen molar-refractivity contribution in [3.63, 3.8) is 0 Å². The predicted molar refractivity (Wildman–Crippen MR) is 80.8 cm³/mol. The smallest absolute Gasteiger partial charge is 0.331 e. The molecule has 1 aromatic carbocycles. The number of methoxy groups -OCH3 is 1. The summed E-state index contributed by atoms with van der Waals surface area (Å²) < 4.78 is 4.73. The monoisotopic (exact) mass is 294 g/mol. The lowest BCUT2D eigenvalue weighted by atomic mass is 10.1. The molecular formula is C15H22N2O4. The average molecular weight is 294 g/mol. The van der Waals surface area contributed by atoms with Crippen molar-refractivity contribution in [3.05, 3.63) is 29.8 Å². The van der Waals surface area contributed by atoms with E-state index in [2.05, 4.69) is 11.9 Å². The van der Waals surface area contributed by atoms with E-state index < -0.39 is 12.0 Å². The summed E-state index contributed by atoms with van der Waals surface area (Å²) in [5, 5.41) is 0. The van der Waals surface area contributed by atoms with Crippen molar-refractivity contribution in [2.24, 2.45) is 4.99 Å². The summed E-state index contributed by atoms with van der Waals surface area (Å²) in [4.78, 5) is 25.4. The SMILES string of the molecule is CCCCOOC=NC(Cc1ccc(N)cc1)C(=O)OC. The summed E-state index contributed by atoms with van der Waals surface area (Å²) in [6.45, 7) is 2.54. The molecule has 6 nitrogen and oxygen atoms in total. The second kappa shape index (κ2) is 9.77. The average Bonchev–Trinajstić information content (AvgIpc) is 2.50. The first kappa shape index (κ1) is 17.0. The third-order valence-electron chi connectivity index (χ3n) is 2.82. The second-order valence-corrected chi connectivity index (χ2v) is 4.51. The minimum absolute atomic E-state index is 0.405. The van der Waals surface area contributed by atoms with Crippen molar-refractivity contribution in [1.29, 1.82) is 0 Å². The van der Waals surface area contributed by atoms with E-state index in [4.69, 9.17) is 20.2 Å². The highest BCUT2D eigenvalue weighted by molar-refractivity contribution is 5.77. The Morgan fingerprint density at radius 3 is 2.71 bits per heavy atom. The van der Waals surface area contributed by atoms with Gasteiger partial charge in [0.2, 0.25) is 6.40 Å². The van der Waals surface area contributed by atoms with Gasteiger partial charge in [-0.05, 0) is 24.1 Å². The predicted octanol–water partition coefficient (Wildman–Crippen LogP) is 2.13. The highest BCUT2D eigenvalue weighted by Crippen LogP contribution is 2.10. The fourth-order valence-electron chi connectivity index (χ4n) is 1.59. The van der Waals surface area contributed by atoms with Gasteiger partial charge in [-0.3, -0.25) is 0 Å². The van der Waals surface area contributed by atoms with Gasteiger partial charge in [0.1, 0.15) is 0 Å². The van der Waals surface area contributed by atoms with Crippen LogP contribution >= 0.6 is 0 Å². The van der Waals surface area contributed by atoms with Crippen LogP contribution in [0.4, 0.5) is 5.69 Å². The quantitative estimate of drug-likeness (QED) is 0.143. The van der Waals surface area contributed by atoms with Gasteiger partial charge in [0.05, 0.1) is 13.7 Å². The molecular weight excluding hydrogens is 272 g/mol. The molecule has 0 radical (unpaired) electrons. The summed E-state index contributed by atoms with van der Waals surface area (Å²) in [5.74, 6) is -0.430. The molecule has 1 unspecified atom stereocenters. The van der Waals surface area contributed by atoms with E-state index in [9.17, 15) is 4.79 Å². The Balaban J connectivity index is 2.53. The zero-order chi connectivity index (χ0) is 15.5. The number of hydrogen-bond donors (Lipinski definition) is 1. The topological polar surface area (TPSA) is 83.1 Å². The number of aliphatic imine (C=N–C) groups is 1. The van der Waals surface area contributed by atoms with Crippen molar-refractivity contribution in [1.82, 2.24) is 0 Å². The lowest BCUT2D eigenvalue weighted by Crippen LogP contribution is -2.23. The number of benzene rings is 1. The third-order valence-corrected chi connectivity index (χ3v) is 2.82. The first-order chi connectivity index (χ1) is 10.2. The van der Waals surface area contributed by atoms with E-state index in [0.29, 0.717) is 18.7 Å². The molecule has 2 N–H and O–H groups in total. The number of ether oxygens (including phenoxy) is 1. The van der Waals surface area contributed by atoms with Gasteiger partial charge in [0.25, 0.3) is 0 Å². The molecule has 0 amide bonds. The Hall–Kier alpha value is -2.08. The second-order valence-electron chi connectivity index (χ2n) is 4.51. The number of carbonyl (C=O) groups is 1. The molecule has 21 heavy (non-hydrogen) atoms. The molecule has 0 saturated carbocycles. The molecule has 0 aliphatic carbocycles. The molecule has 1 aromatic rings. The fraction of sp³-hybridized carbons (Fsp3) is 0.467. The van der Waals surface area contributed by atoms with E-state index >= 15 is 0 Å². The minimum atomic E-state index is -0.673. The Kier molecular flexibility index (Phi) is 7.89. The van der Waals surface area contributed by atoms with Crippen LogP contribution in [0.5, 0.6) is 0 Å². The molecule has 0 aliphatic rings. The molecule has 116 valence electrons. The number of hydrogen-bond acceptors (Lipinski definition) is 6. The van der Waals surface area contributed by atoms with E-state index in [-0.39, 0.29) is 0 Å². The van der Waals surface area contributed by atoms with Crippen LogP contribution in [-0.4, -0.2) is 32.1 Å². The molecule has 0 fully saturated rings. The van der Waals surface area contributed by atoms with Crippen LogP contribution in [0.1, 0.15) is 25.3 Å². The van der Waals surface area contributed by atoms with Crippen LogP contribution in [0.3, 0.4) is 0 Å². The lowest BCUT2D eigenvalue weighted by molar-refractivity contribution is -0.217. The van der Waals surface area contributed by atoms with E-state index in [0.717, 1.165) is 24.8 Å². The number of carbonyl (C=O) groups excluding carboxylic acids is 1. The molecule has 0 bridgehead atoms. The van der Waals surface area contributed by atoms with Crippen molar-refractivity contribution >= 4 is 18.1 Å². The number of nitrogen functional groups attached to an aromatic ring is 1. The van der Waals surface area contributed by atoms with Crippen LogP contribution in [0.25, 0.3) is 0 Å². The van der Waals surface area contributed by atoms with Gasteiger partial charge in [-0.1, -0.05) is 25.5 Å². The van der Waals surface area contributed by atoms with E-state index in [1.165, 1.54) is 7.11 Å². The van der Waals surface area contributed by atoms with Gasteiger partial charge in [-0.25, -0.2) is 9.79 Å². The van der Waals surface area contributed by atoms with Crippen LogP contribution < -0.4 is 5.73 Å². The van der Waals surface area contributed by atoms with Gasteiger partial charge < -0.3 is 15.4 Å². The summed E-state index contributed by atoms with van der Waals surface area (Å²) in [6, 6.07) is 6.57. The molecule has 0 aliphatic heterocycles. The number of rotatable bonds is 9. The first-order valence-electron chi connectivity index (χ1n) is 6.89. The van der Waals surface area contributed by atoms with Gasteiger partial charge >= 0.3 is 5.97 Å². The standard InChI is InChI=1S/C15H22N2O4/c1-3-4-9-20-21-11-17-14(15(18)19-2)10-12-5-7-13(16)8-6-12/h5-8,11,14H,3-4,9-10,16H2,1-2H3. The van der Waals surface area contributed by atoms with Crippen LogP contribution in [0, 0.1) is 0 Å². The van der Waals surface area contributed by atoms with Crippen LogP contribution in [0.2, 0.25) is 0 Å². The number of esters is 1. The van der Waals surface area contributed by atoms with Crippen molar-refractivity contribution in [2.45, 2.75) is 32.2 Å².